The zero-order chi connectivity index (χ0) is 16.8. The van der Waals surface area contributed by atoms with Crippen molar-refractivity contribution in [1.29, 1.82) is 0 Å². The van der Waals surface area contributed by atoms with Crippen LogP contribution < -0.4 is 16.0 Å². The molecule has 0 amide bonds. The molecule has 3 N–H and O–H groups in total. The molecule has 5 heterocycles. The van der Waals surface area contributed by atoms with Gasteiger partial charge >= 0.3 is 0 Å². The molecule has 0 unspecified atom stereocenters. The summed E-state index contributed by atoms with van der Waals surface area (Å²) in [5, 5.41) is 5.07. The summed E-state index contributed by atoms with van der Waals surface area (Å²) in [5.41, 5.74) is 4.88. The molecular weight excluding hydrogens is 371 g/mol. The molecule has 0 saturated heterocycles. The van der Waals surface area contributed by atoms with Crippen LogP contribution in [0, 0.1) is 0 Å². The van der Waals surface area contributed by atoms with E-state index in [2.05, 4.69) is 20.3 Å². The maximum Gasteiger partial charge on any atom is 0.204 e. The Bertz CT molecular complexity index is 1180. The number of nitrogens with one attached hydrogen (secondary N) is 3. The fourth-order valence-electron chi connectivity index (χ4n) is 3.05. The number of ketones is 1. The Hall–Kier alpha value is -3.11. The minimum absolute atomic E-state index is 0. The summed E-state index contributed by atoms with van der Waals surface area (Å²) in [6.07, 6.45) is 13.1. The van der Waals surface area contributed by atoms with Gasteiger partial charge in [0.05, 0.1) is 17.1 Å². The summed E-state index contributed by atoms with van der Waals surface area (Å²) in [6.45, 7) is 0. The van der Waals surface area contributed by atoms with Crippen molar-refractivity contribution >= 4 is 29.7 Å². The van der Waals surface area contributed by atoms with E-state index in [9.17, 15) is 4.79 Å². The fraction of sp³-hybridized carbons (Fsp3) is 0. The Labute approximate surface area is 159 Å². The number of hydrogen-bond acceptors (Lipinski definition) is 3. The number of aromatic nitrogens is 2. The van der Waals surface area contributed by atoms with Crippen LogP contribution in [0.1, 0.15) is 11.4 Å². The number of rotatable bonds is 0. The van der Waals surface area contributed by atoms with Crippen molar-refractivity contribution < 1.29 is 21.3 Å². The van der Waals surface area contributed by atoms with Gasteiger partial charge in [0.15, 0.2) is 0 Å². The number of nitrogens with zero attached hydrogens (tertiary/aromatic N) is 1. The summed E-state index contributed by atoms with van der Waals surface area (Å²) in [5.74, 6) is -0.0453. The van der Waals surface area contributed by atoms with Crippen LogP contribution >= 0.6 is 0 Å². The van der Waals surface area contributed by atoms with Gasteiger partial charge in [0.25, 0.3) is 0 Å². The third-order valence-electron chi connectivity index (χ3n) is 4.19. The van der Waals surface area contributed by atoms with Crippen LogP contribution in [-0.2, 0) is 21.3 Å². The molecule has 8 bridgehead atoms. The number of fused-ring (bicyclic) bond motifs is 7. The van der Waals surface area contributed by atoms with Gasteiger partial charge < -0.3 is 15.3 Å². The van der Waals surface area contributed by atoms with Crippen molar-refractivity contribution in [1.82, 2.24) is 15.3 Å². The van der Waals surface area contributed by atoms with Crippen molar-refractivity contribution in [3.63, 3.8) is 0 Å². The molecule has 130 valence electrons. The molecule has 0 radical (unpaired) electrons. The Balaban J connectivity index is 0.00000168. The van der Waals surface area contributed by atoms with Gasteiger partial charge in [-0.15, -0.1) is 0 Å². The Morgan fingerprint density at radius 1 is 0.769 bits per heavy atom. The fourth-order valence-corrected chi connectivity index (χ4v) is 3.05. The molecule has 3 aliphatic rings. The summed E-state index contributed by atoms with van der Waals surface area (Å²) in [4.78, 5) is 23.4. The number of carbonyl (C=O) groups is 1. The number of H-pyrrole nitrogens is 2. The van der Waals surface area contributed by atoms with Gasteiger partial charge in [0.2, 0.25) is 5.78 Å². The predicted molar refractivity (Wildman–Crippen MR) is 97.7 cm³/mol. The standard InChI is InChI=1S/C20H14N4O.Ni/c25-20-11-18-9-16-4-3-14(22-16)7-12-1-2-13(21-12)8-15-5-6-17(23-15)10-19(20)24-18;/h1-11,21-22,24H;. The van der Waals surface area contributed by atoms with Crippen molar-refractivity contribution in [2.45, 2.75) is 0 Å². The van der Waals surface area contributed by atoms with Crippen molar-refractivity contribution in [2.24, 2.45) is 4.99 Å². The average molecular weight is 385 g/mol. The van der Waals surface area contributed by atoms with Crippen LogP contribution in [0.2, 0.25) is 0 Å². The molecule has 6 heteroatoms. The van der Waals surface area contributed by atoms with Gasteiger partial charge in [-0.25, -0.2) is 4.99 Å². The molecular formula is C20H14N4NiO. The SMILES string of the molecule is O=C1C=C2C=c3ccc([nH]3)=Cc3ccc([nH]3)C=C3C=CC(=N3)C=C1N2.[Ni]. The molecule has 3 aliphatic heterocycles. The van der Waals surface area contributed by atoms with Crippen LogP contribution in [0.25, 0.3) is 18.2 Å². The average Bonchev–Trinajstić information content (AvgIpc) is 3.33. The van der Waals surface area contributed by atoms with Crippen LogP contribution in [0.5, 0.6) is 0 Å². The van der Waals surface area contributed by atoms with E-state index in [0.29, 0.717) is 5.70 Å². The third-order valence-corrected chi connectivity index (χ3v) is 4.19. The zero-order valence-electron chi connectivity index (χ0n) is 13.5. The second kappa shape index (κ2) is 6.32. The van der Waals surface area contributed by atoms with Crippen molar-refractivity contribution in [3.8, 4) is 0 Å². The molecule has 0 aliphatic carbocycles. The van der Waals surface area contributed by atoms with Gasteiger partial charge in [-0.2, -0.15) is 0 Å². The van der Waals surface area contributed by atoms with Gasteiger partial charge in [-0.05, 0) is 60.7 Å². The van der Waals surface area contributed by atoms with E-state index in [1.54, 1.807) is 12.2 Å². The van der Waals surface area contributed by atoms with Crippen LogP contribution in [-0.4, -0.2) is 21.5 Å². The molecule has 0 saturated carbocycles. The maximum atomic E-state index is 12.2. The first-order valence-electron chi connectivity index (χ1n) is 8.02. The van der Waals surface area contributed by atoms with E-state index in [4.69, 9.17) is 0 Å². The quantitative estimate of drug-likeness (QED) is 0.598. The summed E-state index contributed by atoms with van der Waals surface area (Å²) in [7, 11) is 0. The van der Waals surface area contributed by atoms with Crippen molar-refractivity contribution in [3.05, 3.63) is 87.7 Å². The second-order valence-corrected chi connectivity index (χ2v) is 6.11. The van der Waals surface area contributed by atoms with E-state index in [0.717, 1.165) is 39.2 Å². The minimum atomic E-state index is -0.0453. The normalized spacial score (nSPS) is 17.2. The van der Waals surface area contributed by atoms with Crippen LogP contribution in [0.15, 0.2) is 70.7 Å². The first-order chi connectivity index (χ1) is 12.2. The third kappa shape index (κ3) is 3.07. The Kier molecular flexibility index (Phi) is 3.98. The van der Waals surface area contributed by atoms with E-state index in [-0.39, 0.29) is 22.3 Å². The Morgan fingerprint density at radius 3 is 2.38 bits per heavy atom. The zero-order valence-corrected chi connectivity index (χ0v) is 14.5. The Morgan fingerprint density at radius 2 is 1.54 bits per heavy atom. The maximum absolute atomic E-state index is 12.2. The minimum Gasteiger partial charge on any atom is -0.355 e. The molecule has 2 aromatic heterocycles. The molecule has 5 nitrogen and oxygen atoms in total. The van der Waals surface area contributed by atoms with Gasteiger partial charge in [0, 0.05) is 50.4 Å². The van der Waals surface area contributed by atoms with Crippen LogP contribution in [0.3, 0.4) is 0 Å². The first kappa shape index (κ1) is 16.4. The van der Waals surface area contributed by atoms with Crippen molar-refractivity contribution in [2.75, 3.05) is 0 Å². The van der Waals surface area contributed by atoms with Gasteiger partial charge in [-0.1, -0.05) is 0 Å². The summed E-state index contributed by atoms with van der Waals surface area (Å²) < 4.78 is 0. The number of carbonyl (C=O) groups excluding carboxylic acids is 1. The summed E-state index contributed by atoms with van der Waals surface area (Å²) in [6, 6.07) is 8.04. The topological polar surface area (TPSA) is 73.0 Å². The number of aliphatic imine (C=N–C) groups is 1. The molecule has 5 rings (SSSR count). The van der Waals surface area contributed by atoms with Crippen LogP contribution in [0.4, 0.5) is 0 Å². The number of allylic oxidation sites excluding steroid dienone is 5. The molecule has 26 heavy (non-hydrogen) atoms. The van der Waals surface area contributed by atoms with E-state index in [1.807, 2.05) is 54.6 Å². The molecule has 2 aromatic rings. The molecule has 0 atom stereocenters. The van der Waals surface area contributed by atoms with E-state index < -0.39 is 0 Å². The summed E-state index contributed by atoms with van der Waals surface area (Å²) >= 11 is 0. The molecule has 0 fully saturated rings. The molecule has 0 spiro atoms. The van der Waals surface area contributed by atoms with E-state index in [1.165, 1.54) is 0 Å². The first-order valence-corrected chi connectivity index (χ1v) is 8.02. The van der Waals surface area contributed by atoms with Gasteiger partial charge in [-0.3, -0.25) is 4.79 Å². The largest absolute Gasteiger partial charge is 0.355 e. The monoisotopic (exact) mass is 384 g/mol. The predicted octanol–water partition coefficient (Wildman–Crippen LogP) is 1.26. The smallest absolute Gasteiger partial charge is 0.204 e. The number of hydrogen-bond donors (Lipinski definition) is 3. The molecule has 0 aromatic carbocycles. The number of aromatic amines is 2. The van der Waals surface area contributed by atoms with E-state index >= 15 is 0 Å². The second-order valence-electron chi connectivity index (χ2n) is 6.11. The van der Waals surface area contributed by atoms with Gasteiger partial charge in [0.1, 0.15) is 0 Å².